The molecule has 11 nitrogen and oxygen atoms in total. The summed E-state index contributed by atoms with van der Waals surface area (Å²) in [5.41, 5.74) is 7.17. The van der Waals surface area contributed by atoms with Crippen LogP contribution in [0.1, 0.15) is 154 Å². The van der Waals surface area contributed by atoms with E-state index in [1.165, 1.54) is 88.8 Å². The summed E-state index contributed by atoms with van der Waals surface area (Å²) in [6.45, 7) is 5.04. The van der Waals surface area contributed by atoms with Crippen LogP contribution < -0.4 is 15.8 Å². The van der Waals surface area contributed by atoms with Gasteiger partial charge in [0.1, 0.15) is 18.5 Å². The van der Waals surface area contributed by atoms with Crippen molar-refractivity contribution in [2.45, 2.75) is 167 Å². The van der Waals surface area contributed by atoms with Gasteiger partial charge in [-0.25, -0.2) is 0 Å². The number of rotatable bonds is 36. The van der Waals surface area contributed by atoms with Crippen molar-refractivity contribution in [1.82, 2.24) is 5.32 Å². The molecule has 0 heterocycles. The lowest BCUT2D eigenvalue weighted by Crippen LogP contribution is -2.43. The summed E-state index contributed by atoms with van der Waals surface area (Å²) in [5.74, 6) is 0.439. The van der Waals surface area contributed by atoms with Gasteiger partial charge >= 0.3 is 19.5 Å². The van der Waals surface area contributed by atoms with Crippen LogP contribution in [0.25, 0.3) is 0 Å². The molecule has 0 spiro atoms. The normalized spacial score (nSPS) is 12.6. The monoisotopic (exact) mass is 800 g/mol. The largest absolute Gasteiger partial charge is 0.494 e. The predicted octanol–water partition coefficient (Wildman–Crippen LogP) is 8.65. The van der Waals surface area contributed by atoms with E-state index in [2.05, 4.69) is 19.2 Å². The predicted molar refractivity (Wildman–Crippen MR) is 220 cm³/mol. The van der Waals surface area contributed by atoms with Gasteiger partial charge < -0.3 is 35.0 Å². The van der Waals surface area contributed by atoms with Gasteiger partial charge in [-0.05, 0) is 43.4 Å². The molecule has 1 aromatic rings. The Kier molecular flexibility index (Phi) is 30.6. The number of nitrogens with two attached hydrogens (primary N) is 1. The Bertz CT molecular complexity index is 1150. The topological polar surface area (TPSA) is 174 Å². The number of nitrogens with one attached hydrogen (secondary N) is 1. The molecule has 0 aliphatic rings. The van der Waals surface area contributed by atoms with Gasteiger partial charge in [-0.2, -0.15) is 11.8 Å². The van der Waals surface area contributed by atoms with E-state index in [9.17, 15) is 18.9 Å². The number of amides is 1. The average Bonchev–Trinajstić information content (AvgIpc) is 3.14. The van der Waals surface area contributed by atoms with Gasteiger partial charge in [0.15, 0.2) is 0 Å². The number of thioether (sulfide) groups is 1. The minimum Gasteiger partial charge on any atom is -0.494 e. The first kappa shape index (κ1) is 49.9. The second-order valence-corrected chi connectivity index (χ2v) is 17.2. The second kappa shape index (κ2) is 33.1. The molecule has 0 aromatic heterocycles. The van der Waals surface area contributed by atoms with Crippen LogP contribution in [-0.2, 0) is 34.8 Å². The Morgan fingerprint density at radius 3 is 1.80 bits per heavy atom. The van der Waals surface area contributed by atoms with Crippen molar-refractivity contribution < 1.29 is 42.9 Å². The fraction of sp³-hybridized carbons (Fsp3) is 0.780. The van der Waals surface area contributed by atoms with Crippen molar-refractivity contribution in [1.29, 1.82) is 0 Å². The summed E-state index contributed by atoms with van der Waals surface area (Å²) in [4.78, 5) is 55.8. The van der Waals surface area contributed by atoms with Crippen LogP contribution in [0.15, 0.2) is 24.3 Å². The third-order valence-electron chi connectivity index (χ3n) is 9.13. The SMILES string of the molecule is CCCCCCCCCCCC(=O)OCC(CSCC(N)C(=O)NCCc1ccc(OCCCP(=O)(O)O)cc1)OC(=O)CCCCCCCCCCC. The molecule has 13 heteroatoms. The second-order valence-electron chi connectivity index (χ2n) is 14.4. The summed E-state index contributed by atoms with van der Waals surface area (Å²) in [7, 11) is -4.02. The van der Waals surface area contributed by atoms with Crippen molar-refractivity contribution in [3.63, 3.8) is 0 Å². The maximum Gasteiger partial charge on any atom is 0.325 e. The van der Waals surface area contributed by atoms with Crippen molar-refractivity contribution >= 4 is 37.2 Å². The minimum atomic E-state index is -4.02. The molecule has 312 valence electrons. The van der Waals surface area contributed by atoms with Crippen LogP contribution in [-0.4, -0.2) is 77.2 Å². The van der Waals surface area contributed by atoms with Gasteiger partial charge in [0.25, 0.3) is 0 Å². The molecular weight excluding hydrogens is 727 g/mol. The zero-order valence-electron chi connectivity index (χ0n) is 33.4. The molecule has 0 radical (unpaired) electrons. The summed E-state index contributed by atoms with van der Waals surface area (Å²) < 4.78 is 27.8. The molecule has 0 aliphatic carbocycles. The molecule has 2 atom stereocenters. The van der Waals surface area contributed by atoms with Crippen LogP contribution in [0.3, 0.4) is 0 Å². The fourth-order valence-electron chi connectivity index (χ4n) is 5.86. The van der Waals surface area contributed by atoms with Crippen LogP contribution >= 0.6 is 19.4 Å². The summed E-state index contributed by atoms with van der Waals surface area (Å²) in [6.07, 6.45) is 21.6. The van der Waals surface area contributed by atoms with E-state index >= 15 is 0 Å². The Morgan fingerprint density at radius 1 is 0.741 bits per heavy atom. The summed E-state index contributed by atoms with van der Waals surface area (Å²) >= 11 is 1.40. The molecule has 1 rings (SSSR count). The number of carbonyl (C=O) groups excluding carboxylic acids is 3. The van der Waals surface area contributed by atoms with Crippen molar-refractivity contribution in [3.05, 3.63) is 29.8 Å². The number of unbranched alkanes of at least 4 members (excludes halogenated alkanes) is 16. The van der Waals surface area contributed by atoms with Crippen molar-refractivity contribution in [3.8, 4) is 5.75 Å². The quantitative estimate of drug-likeness (QED) is 0.0291. The number of carbonyl (C=O) groups is 3. The lowest BCUT2D eigenvalue weighted by atomic mass is 10.1. The van der Waals surface area contributed by atoms with Crippen molar-refractivity contribution in [2.75, 3.05) is 37.4 Å². The summed E-state index contributed by atoms with van der Waals surface area (Å²) in [5, 5.41) is 2.87. The third kappa shape index (κ3) is 30.2. The first-order valence-electron chi connectivity index (χ1n) is 20.8. The molecule has 0 bridgehead atoms. The van der Waals surface area contributed by atoms with Gasteiger partial charge in [0.05, 0.1) is 18.8 Å². The molecule has 1 amide bonds. The number of esters is 2. The first-order chi connectivity index (χ1) is 26.0. The lowest BCUT2D eigenvalue weighted by Gasteiger charge is -2.19. The Hall–Kier alpha value is -2.11. The number of hydrogen-bond acceptors (Lipinski definition) is 9. The molecule has 0 saturated carbocycles. The third-order valence-corrected chi connectivity index (χ3v) is 11.2. The highest BCUT2D eigenvalue weighted by Gasteiger charge is 2.20. The number of hydrogen-bond donors (Lipinski definition) is 4. The smallest absolute Gasteiger partial charge is 0.325 e. The van der Waals surface area contributed by atoms with Gasteiger partial charge in [0.2, 0.25) is 5.91 Å². The van der Waals surface area contributed by atoms with Crippen LogP contribution in [0.4, 0.5) is 0 Å². The van der Waals surface area contributed by atoms with Gasteiger partial charge in [-0.3, -0.25) is 18.9 Å². The van der Waals surface area contributed by atoms with E-state index in [0.29, 0.717) is 43.1 Å². The lowest BCUT2D eigenvalue weighted by molar-refractivity contribution is -0.157. The average molecular weight is 801 g/mol. The molecule has 1 aromatic carbocycles. The van der Waals surface area contributed by atoms with Crippen LogP contribution in [0, 0.1) is 0 Å². The van der Waals surface area contributed by atoms with Gasteiger partial charge in [-0.15, -0.1) is 0 Å². The van der Waals surface area contributed by atoms with Gasteiger partial charge in [0, 0.05) is 30.9 Å². The van der Waals surface area contributed by atoms with Crippen molar-refractivity contribution in [2.24, 2.45) is 5.73 Å². The number of ether oxygens (including phenoxy) is 3. The zero-order valence-corrected chi connectivity index (χ0v) is 35.2. The maximum atomic E-state index is 12.7. The van der Waals surface area contributed by atoms with Crippen LogP contribution in [0.5, 0.6) is 5.75 Å². The minimum absolute atomic E-state index is 0.00851. The van der Waals surface area contributed by atoms with E-state index in [1.807, 2.05) is 12.1 Å². The zero-order chi connectivity index (χ0) is 39.7. The Balaban J connectivity index is 2.43. The van der Waals surface area contributed by atoms with E-state index in [-0.39, 0.29) is 43.6 Å². The first-order valence-corrected chi connectivity index (χ1v) is 23.7. The summed E-state index contributed by atoms with van der Waals surface area (Å²) in [6, 6.07) is 6.56. The Labute approximate surface area is 330 Å². The molecule has 0 fully saturated rings. The van der Waals surface area contributed by atoms with Crippen LogP contribution in [0.2, 0.25) is 0 Å². The molecule has 5 N–H and O–H groups in total. The molecular formula is C41H73N2O9PS. The molecule has 2 unspecified atom stereocenters. The highest BCUT2D eigenvalue weighted by atomic mass is 32.2. The highest BCUT2D eigenvalue weighted by molar-refractivity contribution is 7.99. The Morgan fingerprint density at radius 2 is 1.26 bits per heavy atom. The van der Waals surface area contributed by atoms with E-state index in [0.717, 1.165) is 44.1 Å². The highest BCUT2D eigenvalue weighted by Crippen LogP contribution is 2.34. The van der Waals surface area contributed by atoms with E-state index in [4.69, 9.17) is 29.7 Å². The molecule has 0 aliphatic heterocycles. The number of benzene rings is 1. The molecule has 54 heavy (non-hydrogen) atoms. The van der Waals surface area contributed by atoms with E-state index in [1.54, 1.807) is 12.1 Å². The molecule has 0 saturated heterocycles. The standard InChI is InChI=1S/C41H73N2O9PS/c1-3-5-7-9-11-13-15-17-19-22-39(44)51-32-37(52-40(45)23-20-18-16-14-12-10-8-6-4-2)33-54-34-38(42)41(46)43-29-28-35-24-26-36(27-25-35)50-30-21-31-53(47,48)49/h24-27,37-38H,3-23,28-34,42H2,1-2H3,(H,43,46)(H2,47,48,49). The van der Waals surface area contributed by atoms with Gasteiger partial charge in [-0.1, -0.05) is 129 Å². The maximum absolute atomic E-state index is 12.7. The fourth-order valence-corrected chi connectivity index (χ4v) is 7.36. The van der Waals surface area contributed by atoms with E-state index < -0.39 is 19.7 Å².